The van der Waals surface area contributed by atoms with E-state index in [1.807, 2.05) is 107 Å². The Kier molecular flexibility index (Phi) is 12.4. The van der Waals surface area contributed by atoms with E-state index in [4.69, 9.17) is 4.65 Å². The summed E-state index contributed by atoms with van der Waals surface area (Å²) in [5.74, 6) is -0.138. The lowest BCUT2D eigenvalue weighted by molar-refractivity contribution is -0.872. The molecule has 3 rings (SSSR count). The van der Waals surface area contributed by atoms with Crippen LogP contribution in [0.2, 0.25) is 0 Å². The zero-order chi connectivity index (χ0) is 28.2. The van der Waals surface area contributed by atoms with Gasteiger partial charge in [0.25, 0.3) is 0 Å². The number of likely N-dealkylation sites (N-methyl/N-ethyl adjacent to an activating group) is 1. The Labute approximate surface area is 228 Å². The van der Waals surface area contributed by atoms with Crippen LogP contribution in [0.25, 0.3) is 0 Å². The highest BCUT2D eigenvalue weighted by molar-refractivity contribution is 6.32. The second-order valence-electron chi connectivity index (χ2n) is 10.5. The highest BCUT2D eigenvalue weighted by atomic mass is 16.6. The molecule has 0 saturated heterocycles. The van der Waals surface area contributed by atoms with E-state index in [2.05, 4.69) is 19.1 Å². The van der Waals surface area contributed by atoms with Crippen molar-refractivity contribution in [1.29, 1.82) is 0 Å². The molecule has 3 N–H and O–H groups in total. The molecule has 0 radical (unpaired) electrons. The highest BCUT2D eigenvalue weighted by Gasteiger charge is 2.45. The molecule has 0 aliphatic carbocycles. The van der Waals surface area contributed by atoms with Crippen LogP contribution in [0.4, 0.5) is 0 Å². The summed E-state index contributed by atoms with van der Waals surface area (Å²) in [4.78, 5) is 11.2. The van der Waals surface area contributed by atoms with Crippen LogP contribution in [0.3, 0.4) is 0 Å². The van der Waals surface area contributed by atoms with Crippen molar-refractivity contribution >= 4 is 13.1 Å². The first-order valence-corrected chi connectivity index (χ1v) is 13.3. The number of aliphatic hydroxyl groups is 1. The molecule has 6 nitrogen and oxygen atoms in total. The van der Waals surface area contributed by atoms with E-state index in [-0.39, 0.29) is 11.7 Å². The van der Waals surface area contributed by atoms with Crippen LogP contribution >= 0.6 is 0 Å². The molecule has 3 aromatic rings. The summed E-state index contributed by atoms with van der Waals surface area (Å²) < 4.78 is 6.55. The average Bonchev–Trinajstić information content (AvgIpc) is 2.89. The van der Waals surface area contributed by atoms with E-state index in [9.17, 15) is 19.9 Å². The Bertz CT molecular complexity index is 1030. The van der Waals surface area contributed by atoms with Crippen LogP contribution in [0.5, 0.6) is 0 Å². The van der Waals surface area contributed by atoms with Gasteiger partial charge < -0.3 is 24.3 Å². The summed E-state index contributed by atoms with van der Waals surface area (Å²) in [6.45, 7) is 4.53. The van der Waals surface area contributed by atoms with E-state index in [0.29, 0.717) is 17.4 Å². The summed E-state index contributed by atoms with van der Waals surface area (Å²) in [5.41, 5.74) is 1.83. The van der Waals surface area contributed by atoms with Gasteiger partial charge in [-0.3, -0.25) is 4.79 Å². The van der Waals surface area contributed by atoms with E-state index in [1.165, 1.54) is 0 Å². The molecule has 7 heteroatoms. The average molecular weight is 520 g/mol. The predicted molar refractivity (Wildman–Crippen MR) is 153 cm³/mol. The normalized spacial score (nSPS) is 13.2. The fourth-order valence-electron chi connectivity index (χ4n) is 4.80. The summed E-state index contributed by atoms with van der Waals surface area (Å²) in [6.07, 6.45) is 1.28. The van der Waals surface area contributed by atoms with Crippen molar-refractivity contribution in [3.05, 3.63) is 108 Å². The Morgan fingerprint density at radius 2 is 1.29 bits per heavy atom. The molecule has 2 unspecified atom stereocenters. The van der Waals surface area contributed by atoms with Crippen LogP contribution in [0.15, 0.2) is 91.0 Å². The number of carbonyl (C=O) groups excluding carboxylic acids is 1. The van der Waals surface area contributed by atoms with E-state index < -0.39 is 19.0 Å². The minimum absolute atomic E-state index is 0.0365. The maximum Gasteiger partial charge on any atom is 0.634 e. The second kappa shape index (κ2) is 15.0. The molecule has 204 valence electrons. The number of rotatable bonds is 12. The number of benzene rings is 3. The number of carbonyl (C=O) groups is 1. The third-order valence-electron chi connectivity index (χ3n) is 6.39. The molecule has 0 aromatic heterocycles. The number of hydrogen-bond donors (Lipinski definition) is 3. The fourth-order valence-corrected chi connectivity index (χ4v) is 4.80. The number of Topliss-reactive ketones (excluding diaryl/α,β-unsaturated/α-hetero) is 1. The molecule has 0 spiro atoms. The molecular weight excluding hydrogens is 477 g/mol. The Balaban J connectivity index is 0.000000358. The Hall–Kier alpha value is -2.81. The SMILES string of the molecule is CCC(c1ccccc1)C(OB(O)O)(c1ccccc1)c1ccccc1.CCCC(=O)C(O)C[N+](C)(C)C. The molecule has 0 bridgehead atoms. The van der Waals surface area contributed by atoms with E-state index in [0.717, 1.165) is 29.5 Å². The van der Waals surface area contributed by atoms with Crippen molar-refractivity contribution in [2.45, 2.75) is 50.7 Å². The first kappa shape index (κ1) is 31.4. The van der Waals surface area contributed by atoms with Gasteiger partial charge in [-0.15, -0.1) is 0 Å². The third kappa shape index (κ3) is 8.89. The van der Waals surface area contributed by atoms with Crippen LogP contribution in [-0.2, 0) is 15.0 Å². The van der Waals surface area contributed by atoms with Crippen LogP contribution < -0.4 is 0 Å². The first-order chi connectivity index (χ1) is 18.0. The van der Waals surface area contributed by atoms with Crippen molar-refractivity contribution in [2.24, 2.45) is 0 Å². The number of quaternary nitrogens is 1. The topological polar surface area (TPSA) is 87.0 Å². The molecule has 2 atom stereocenters. The predicted octanol–water partition coefficient (Wildman–Crippen LogP) is 4.53. The van der Waals surface area contributed by atoms with Crippen LogP contribution in [-0.4, -0.2) is 66.5 Å². The van der Waals surface area contributed by atoms with Gasteiger partial charge in [0.2, 0.25) is 0 Å². The van der Waals surface area contributed by atoms with E-state index in [1.54, 1.807) is 0 Å². The van der Waals surface area contributed by atoms with Gasteiger partial charge in [-0.2, -0.15) is 0 Å². The summed E-state index contributed by atoms with van der Waals surface area (Å²) in [6, 6.07) is 29.6. The molecule has 38 heavy (non-hydrogen) atoms. The molecule has 0 saturated carbocycles. The Morgan fingerprint density at radius 1 is 0.842 bits per heavy atom. The lowest BCUT2D eigenvalue weighted by atomic mass is 9.71. The van der Waals surface area contributed by atoms with Crippen molar-refractivity contribution in [1.82, 2.24) is 0 Å². The largest absolute Gasteiger partial charge is 0.634 e. The van der Waals surface area contributed by atoms with Gasteiger partial charge in [0.05, 0.1) is 21.1 Å². The lowest BCUT2D eigenvalue weighted by Gasteiger charge is -2.42. The zero-order valence-corrected chi connectivity index (χ0v) is 23.3. The zero-order valence-electron chi connectivity index (χ0n) is 23.3. The molecule has 0 fully saturated rings. The van der Waals surface area contributed by atoms with Gasteiger partial charge in [0.1, 0.15) is 12.1 Å². The second-order valence-corrected chi connectivity index (χ2v) is 10.5. The van der Waals surface area contributed by atoms with Crippen LogP contribution in [0, 0.1) is 0 Å². The molecule has 0 aliphatic rings. The molecular formula is C31H43BNO5+. The summed E-state index contributed by atoms with van der Waals surface area (Å²) in [5, 5.41) is 29.1. The first-order valence-electron chi connectivity index (χ1n) is 13.3. The van der Waals surface area contributed by atoms with E-state index >= 15 is 0 Å². The van der Waals surface area contributed by atoms with Crippen molar-refractivity contribution in [3.63, 3.8) is 0 Å². The van der Waals surface area contributed by atoms with Crippen molar-refractivity contribution in [2.75, 3.05) is 27.7 Å². The van der Waals surface area contributed by atoms with Gasteiger partial charge in [-0.25, -0.2) is 0 Å². The van der Waals surface area contributed by atoms with Gasteiger partial charge >= 0.3 is 7.32 Å². The molecule has 0 heterocycles. The number of nitrogens with zero attached hydrogens (tertiary/aromatic N) is 1. The van der Waals surface area contributed by atoms with Crippen molar-refractivity contribution < 1.29 is 29.1 Å². The van der Waals surface area contributed by atoms with Gasteiger partial charge in [0, 0.05) is 12.3 Å². The summed E-state index contributed by atoms with van der Waals surface area (Å²) >= 11 is 0. The summed E-state index contributed by atoms with van der Waals surface area (Å²) in [7, 11) is 3.99. The smallest absolute Gasteiger partial charge is 0.402 e. The minimum Gasteiger partial charge on any atom is -0.402 e. The fraction of sp³-hybridized carbons (Fsp3) is 0.387. The van der Waals surface area contributed by atoms with Gasteiger partial charge in [-0.05, 0) is 29.5 Å². The molecule has 0 aliphatic heterocycles. The quantitative estimate of drug-likeness (QED) is 0.241. The maximum atomic E-state index is 11.2. The highest BCUT2D eigenvalue weighted by Crippen LogP contribution is 2.47. The molecule has 3 aromatic carbocycles. The monoisotopic (exact) mass is 520 g/mol. The number of aliphatic hydroxyl groups excluding tert-OH is 1. The standard InChI is InChI=1S/C22H23BO3.C9H20NO2/c1-2-21(18-12-6-3-7-13-18)22(26-23(24)25,19-14-8-4-9-15-19)20-16-10-5-11-17-20;1-5-6-8(11)9(12)7-10(2,3)4/h3-17,21,24-25H,2H2,1H3;9,12H,5-7H2,1-4H3/q;+1. The molecule has 0 amide bonds. The van der Waals surface area contributed by atoms with Crippen molar-refractivity contribution in [3.8, 4) is 0 Å². The maximum absolute atomic E-state index is 11.2. The van der Waals surface area contributed by atoms with Gasteiger partial charge in [-0.1, -0.05) is 105 Å². The number of ketones is 1. The van der Waals surface area contributed by atoms with Gasteiger partial charge in [0.15, 0.2) is 11.9 Å². The Morgan fingerprint density at radius 3 is 1.66 bits per heavy atom. The minimum atomic E-state index is -1.90. The third-order valence-corrected chi connectivity index (χ3v) is 6.39. The lowest BCUT2D eigenvalue weighted by Crippen LogP contribution is -2.44. The van der Waals surface area contributed by atoms with Crippen LogP contribution in [0.1, 0.15) is 55.7 Å². The number of hydrogen-bond acceptors (Lipinski definition) is 5.